The summed E-state index contributed by atoms with van der Waals surface area (Å²) in [6.07, 6.45) is 0.885. The largest absolute Gasteiger partial charge is 0.491 e. The highest BCUT2D eigenvalue weighted by molar-refractivity contribution is 5.74. The van der Waals surface area contributed by atoms with Gasteiger partial charge in [0.05, 0.1) is 13.0 Å². The van der Waals surface area contributed by atoms with Crippen LogP contribution in [-0.2, 0) is 20.7 Å². The van der Waals surface area contributed by atoms with Gasteiger partial charge in [0.2, 0.25) is 0 Å². The molecule has 2 atom stereocenters. The normalized spacial score (nSPS) is 13.4. The van der Waals surface area contributed by atoms with Gasteiger partial charge < -0.3 is 18.9 Å². The standard InChI is InChI=1S/C26H36O5/c1-7-19(2)21-12-14-23(15-13-21)30-20(3)28-16-17-29-24-11-9-8-10-22(24)18-25(27)31-26(4,5)6/h8-15,19-20H,7,16-18H2,1-6H3. The Morgan fingerprint density at radius 3 is 2.29 bits per heavy atom. The molecule has 0 fully saturated rings. The summed E-state index contributed by atoms with van der Waals surface area (Å²) < 4.78 is 22.8. The molecule has 0 spiro atoms. The van der Waals surface area contributed by atoms with E-state index in [1.807, 2.05) is 64.1 Å². The van der Waals surface area contributed by atoms with Crippen molar-refractivity contribution in [3.05, 3.63) is 59.7 Å². The lowest BCUT2D eigenvalue weighted by Crippen LogP contribution is -2.25. The fourth-order valence-electron chi connectivity index (χ4n) is 3.03. The van der Waals surface area contributed by atoms with E-state index in [1.165, 1.54) is 5.56 Å². The Morgan fingerprint density at radius 1 is 0.968 bits per heavy atom. The first-order valence-corrected chi connectivity index (χ1v) is 11.0. The molecule has 0 heterocycles. The summed E-state index contributed by atoms with van der Waals surface area (Å²) in [6, 6.07) is 15.6. The number of carbonyl (C=O) groups excluding carboxylic acids is 1. The molecule has 0 bridgehead atoms. The van der Waals surface area contributed by atoms with Crippen molar-refractivity contribution in [1.29, 1.82) is 0 Å². The number of benzene rings is 2. The number of hydrogen-bond donors (Lipinski definition) is 0. The molecule has 5 heteroatoms. The lowest BCUT2D eigenvalue weighted by molar-refractivity contribution is -0.153. The summed E-state index contributed by atoms with van der Waals surface area (Å²) in [4.78, 5) is 12.1. The predicted octanol–water partition coefficient (Wildman–Crippen LogP) is 5.90. The van der Waals surface area contributed by atoms with Crippen LogP contribution in [-0.4, -0.2) is 31.1 Å². The second kappa shape index (κ2) is 11.8. The van der Waals surface area contributed by atoms with Crippen LogP contribution in [0.25, 0.3) is 0 Å². The third-order valence-electron chi connectivity index (χ3n) is 4.78. The van der Waals surface area contributed by atoms with E-state index in [2.05, 4.69) is 26.0 Å². The molecule has 0 radical (unpaired) electrons. The minimum absolute atomic E-state index is 0.167. The van der Waals surface area contributed by atoms with Crippen LogP contribution in [0.5, 0.6) is 11.5 Å². The van der Waals surface area contributed by atoms with Gasteiger partial charge in [0.25, 0.3) is 0 Å². The minimum atomic E-state index is -0.508. The number of carbonyl (C=O) groups is 1. The van der Waals surface area contributed by atoms with Crippen molar-refractivity contribution in [1.82, 2.24) is 0 Å². The van der Waals surface area contributed by atoms with Gasteiger partial charge in [-0.1, -0.05) is 44.2 Å². The van der Waals surface area contributed by atoms with E-state index in [0.29, 0.717) is 24.9 Å². The van der Waals surface area contributed by atoms with Crippen LogP contribution < -0.4 is 9.47 Å². The van der Waals surface area contributed by atoms with Gasteiger partial charge in [-0.3, -0.25) is 4.79 Å². The zero-order valence-corrected chi connectivity index (χ0v) is 19.6. The Balaban J connectivity index is 1.77. The molecule has 0 saturated heterocycles. The summed E-state index contributed by atoms with van der Waals surface area (Å²) in [5, 5.41) is 0. The van der Waals surface area contributed by atoms with Crippen molar-refractivity contribution >= 4 is 5.97 Å². The first kappa shape index (κ1) is 24.7. The number of esters is 1. The molecule has 2 aromatic carbocycles. The van der Waals surface area contributed by atoms with Crippen molar-refractivity contribution < 1.29 is 23.7 Å². The summed E-state index contributed by atoms with van der Waals surface area (Å²) in [6.45, 7) is 12.5. The number of rotatable bonds is 11. The van der Waals surface area contributed by atoms with Gasteiger partial charge in [-0.25, -0.2) is 0 Å². The minimum Gasteiger partial charge on any atom is -0.491 e. The van der Waals surface area contributed by atoms with Crippen molar-refractivity contribution in [2.24, 2.45) is 0 Å². The van der Waals surface area contributed by atoms with Gasteiger partial charge in [-0.2, -0.15) is 0 Å². The maximum absolute atomic E-state index is 12.1. The molecule has 2 rings (SSSR count). The Morgan fingerprint density at radius 2 is 1.65 bits per heavy atom. The van der Waals surface area contributed by atoms with E-state index >= 15 is 0 Å². The van der Waals surface area contributed by atoms with Crippen molar-refractivity contribution in [3.63, 3.8) is 0 Å². The topological polar surface area (TPSA) is 54.0 Å². The molecule has 2 unspecified atom stereocenters. The first-order valence-electron chi connectivity index (χ1n) is 11.0. The highest BCUT2D eigenvalue weighted by Crippen LogP contribution is 2.23. The molecule has 0 amide bonds. The Labute approximate surface area is 186 Å². The fraction of sp³-hybridized carbons (Fsp3) is 0.500. The Kier molecular flexibility index (Phi) is 9.38. The van der Waals surface area contributed by atoms with Crippen LogP contribution in [0.1, 0.15) is 65.0 Å². The summed E-state index contributed by atoms with van der Waals surface area (Å²) >= 11 is 0. The summed E-state index contributed by atoms with van der Waals surface area (Å²) in [5.74, 6) is 1.70. The van der Waals surface area contributed by atoms with Crippen molar-refractivity contribution in [2.75, 3.05) is 13.2 Å². The zero-order chi connectivity index (χ0) is 22.9. The third-order valence-corrected chi connectivity index (χ3v) is 4.78. The molecule has 31 heavy (non-hydrogen) atoms. The number of hydrogen-bond acceptors (Lipinski definition) is 5. The molecule has 0 N–H and O–H groups in total. The van der Waals surface area contributed by atoms with Crippen LogP contribution in [0.4, 0.5) is 0 Å². The third kappa shape index (κ3) is 9.01. The van der Waals surface area contributed by atoms with E-state index in [4.69, 9.17) is 18.9 Å². The summed E-state index contributed by atoms with van der Waals surface area (Å²) in [5.41, 5.74) is 1.59. The lowest BCUT2D eigenvalue weighted by atomic mass is 9.99. The fourth-order valence-corrected chi connectivity index (χ4v) is 3.03. The van der Waals surface area contributed by atoms with Crippen molar-refractivity contribution in [2.45, 2.75) is 72.2 Å². The molecule has 0 aliphatic heterocycles. The molecule has 0 saturated carbocycles. The first-order chi connectivity index (χ1) is 14.7. The summed E-state index contributed by atoms with van der Waals surface area (Å²) in [7, 11) is 0. The quantitative estimate of drug-likeness (QED) is 0.253. The van der Waals surface area contributed by atoms with Gasteiger partial charge in [0.1, 0.15) is 23.7 Å². The molecule has 2 aromatic rings. The maximum atomic E-state index is 12.1. The number of para-hydroxylation sites is 1. The predicted molar refractivity (Wildman–Crippen MR) is 123 cm³/mol. The van der Waals surface area contributed by atoms with Crippen LogP contribution in [0.3, 0.4) is 0 Å². The van der Waals surface area contributed by atoms with E-state index in [1.54, 1.807) is 0 Å². The average Bonchev–Trinajstić information content (AvgIpc) is 2.71. The second-order valence-corrected chi connectivity index (χ2v) is 8.65. The molecule has 5 nitrogen and oxygen atoms in total. The van der Waals surface area contributed by atoms with Crippen LogP contribution >= 0.6 is 0 Å². The van der Waals surface area contributed by atoms with Gasteiger partial charge >= 0.3 is 5.97 Å². The average molecular weight is 429 g/mol. The zero-order valence-electron chi connectivity index (χ0n) is 19.6. The highest BCUT2D eigenvalue weighted by Gasteiger charge is 2.18. The van der Waals surface area contributed by atoms with Gasteiger partial charge in [0, 0.05) is 5.56 Å². The van der Waals surface area contributed by atoms with Crippen molar-refractivity contribution in [3.8, 4) is 11.5 Å². The monoisotopic (exact) mass is 428 g/mol. The molecule has 0 aromatic heterocycles. The second-order valence-electron chi connectivity index (χ2n) is 8.65. The van der Waals surface area contributed by atoms with E-state index in [9.17, 15) is 4.79 Å². The van der Waals surface area contributed by atoms with E-state index < -0.39 is 11.9 Å². The van der Waals surface area contributed by atoms with E-state index in [-0.39, 0.29) is 12.4 Å². The lowest BCUT2D eigenvalue weighted by Gasteiger charge is -2.20. The van der Waals surface area contributed by atoms with Crippen LogP contribution in [0.15, 0.2) is 48.5 Å². The molecule has 0 aliphatic rings. The Bertz CT molecular complexity index is 807. The van der Waals surface area contributed by atoms with Gasteiger partial charge in [-0.15, -0.1) is 0 Å². The smallest absolute Gasteiger partial charge is 0.310 e. The highest BCUT2D eigenvalue weighted by atomic mass is 16.7. The molecular formula is C26H36O5. The molecule has 170 valence electrons. The van der Waals surface area contributed by atoms with E-state index in [0.717, 1.165) is 17.7 Å². The maximum Gasteiger partial charge on any atom is 0.310 e. The van der Waals surface area contributed by atoms with Gasteiger partial charge in [0.15, 0.2) is 6.29 Å². The van der Waals surface area contributed by atoms with Crippen LogP contribution in [0, 0.1) is 0 Å². The van der Waals surface area contributed by atoms with Crippen LogP contribution in [0.2, 0.25) is 0 Å². The molecular weight excluding hydrogens is 392 g/mol. The number of ether oxygens (including phenoxy) is 4. The molecule has 0 aliphatic carbocycles. The van der Waals surface area contributed by atoms with Gasteiger partial charge in [-0.05, 0) is 63.8 Å². The Hall–Kier alpha value is -2.53. The SMILES string of the molecule is CCC(C)c1ccc(OC(C)OCCOc2ccccc2CC(=O)OC(C)(C)C)cc1.